The normalized spacial score (nSPS) is 10.4. The molecule has 1 N–H and O–H groups in total. The molecular weight excluding hydrogens is 260 g/mol. The summed E-state index contributed by atoms with van der Waals surface area (Å²) in [6.07, 6.45) is 3.66. The molecule has 2 aromatic rings. The zero-order valence-electron chi connectivity index (χ0n) is 11.2. The number of anilines is 1. The van der Waals surface area contributed by atoms with Crippen molar-refractivity contribution in [3.63, 3.8) is 0 Å². The molecular formula is C13H18N4OS. The Morgan fingerprint density at radius 1 is 1.37 bits per heavy atom. The van der Waals surface area contributed by atoms with Crippen molar-refractivity contribution in [3.05, 3.63) is 28.3 Å². The van der Waals surface area contributed by atoms with E-state index in [4.69, 9.17) is 4.74 Å². The lowest BCUT2D eigenvalue weighted by atomic mass is 10.4. The van der Waals surface area contributed by atoms with Crippen LogP contribution in [-0.2, 0) is 6.42 Å². The van der Waals surface area contributed by atoms with Gasteiger partial charge in [-0.25, -0.2) is 9.97 Å². The highest BCUT2D eigenvalue weighted by molar-refractivity contribution is 7.09. The molecule has 5 nitrogen and oxygen atoms in total. The number of hydrogen-bond acceptors (Lipinski definition) is 6. The van der Waals surface area contributed by atoms with Crippen molar-refractivity contribution in [1.82, 2.24) is 15.0 Å². The van der Waals surface area contributed by atoms with Gasteiger partial charge < -0.3 is 10.1 Å². The molecule has 19 heavy (non-hydrogen) atoms. The molecule has 0 saturated carbocycles. The molecule has 0 saturated heterocycles. The van der Waals surface area contributed by atoms with Gasteiger partial charge in [0.1, 0.15) is 0 Å². The third kappa shape index (κ3) is 4.48. The summed E-state index contributed by atoms with van der Waals surface area (Å²) in [6, 6.07) is 1.85. The van der Waals surface area contributed by atoms with E-state index in [0.29, 0.717) is 18.4 Å². The monoisotopic (exact) mass is 278 g/mol. The standard InChI is InChI=1S/C13H18N4OS/c1-3-7-18-11-9-10(2)16-13(17-11)15-5-4-12-14-6-8-19-12/h6,8-9H,3-5,7H2,1-2H3,(H,15,16,17). The topological polar surface area (TPSA) is 59.9 Å². The quantitative estimate of drug-likeness (QED) is 0.843. The average Bonchev–Trinajstić information content (AvgIpc) is 2.89. The third-order valence-electron chi connectivity index (χ3n) is 2.39. The second-order valence-corrected chi connectivity index (χ2v) is 5.10. The second kappa shape index (κ2) is 7.04. The number of aryl methyl sites for hydroxylation is 1. The molecule has 6 heteroatoms. The van der Waals surface area contributed by atoms with Crippen LogP contribution in [0.25, 0.3) is 0 Å². The maximum absolute atomic E-state index is 5.53. The number of nitrogens with zero attached hydrogens (tertiary/aromatic N) is 3. The predicted octanol–water partition coefficient (Wildman–Crippen LogP) is 2.68. The number of ether oxygens (including phenoxy) is 1. The van der Waals surface area contributed by atoms with Crippen LogP contribution in [0.5, 0.6) is 5.88 Å². The van der Waals surface area contributed by atoms with Gasteiger partial charge in [-0.1, -0.05) is 6.92 Å². The SMILES string of the molecule is CCCOc1cc(C)nc(NCCc2nccs2)n1. The molecule has 102 valence electrons. The summed E-state index contributed by atoms with van der Waals surface area (Å²) in [5.74, 6) is 1.24. The molecule has 0 radical (unpaired) electrons. The molecule has 2 aromatic heterocycles. The molecule has 0 aromatic carbocycles. The summed E-state index contributed by atoms with van der Waals surface area (Å²) in [5.41, 5.74) is 0.901. The Hall–Kier alpha value is -1.69. The first kappa shape index (κ1) is 13.7. The van der Waals surface area contributed by atoms with Gasteiger partial charge in [0, 0.05) is 36.3 Å². The molecule has 0 atom stereocenters. The first-order chi connectivity index (χ1) is 9.28. The number of nitrogens with one attached hydrogen (secondary N) is 1. The number of thiazole rings is 1. The molecule has 0 bridgehead atoms. The largest absolute Gasteiger partial charge is 0.478 e. The van der Waals surface area contributed by atoms with Crippen molar-refractivity contribution in [2.45, 2.75) is 26.7 Å². The first-order valence-corrected chi connectivity index (χ1v) is 7.26. The summed E-state index contributed by atoms with van der Waals surface area (Å²) in [6.45, 7) is 5.45. The van der Waals surface area contributed by atoms with Crippen molar-refractivity contribution in [2.75, 3.05) is 18.5 Å². The van der Waals surface area contributed by atoms with Gasteiger partial charge in [-0.05, 0) is 13.3 Å². The Kier molecular flexibility index (Phi) is 5.09. The van der Waals surface area contributed by atoms with Gasteiger partial charge >= 0.3 is 0 Å². The Morgan fingerprint density at radius 2 is 2.26 bits per heavy atom. The van der Waals surface area contributed by atoms with Crippen LogP contribution in [0.4, 0.5) is 5.95 Å². The van der Waals surface area contributed by atoms with Crippen LogP contribution in [0, 0.1) is 6.92 Å². The van der Waals surface area contributed by atoms with Gasteiger partial charge in [-0.15, -0.1) is 11.3 Å². The van der Waals surface area contributed by atoms with Crippen molar-refractivity contribution in [2.24, 2.45) is 0 Å². The summed E-state index contributed by atoms with van der Waals surface area (Å²) >= 11 is 1.66. The number of aromatic nitrogens is 3. The van der Waals surface area contributed by atoms with Crippen LogP contribution in [0.1, 0.15) is 24.0 Å². The fraction of sp³-hybridized carbons (Fsp3) is 0.462. The summed E-state index contributed by atoms with van der Waals surface area (Å²) < 4.78 is 5.53. The van der Waals surface area contributed by atoms with E-state index in [1.807, 2.05) is 24.6 Å². The number of hydrogen-bond donors (Lipinski definition) is 1. The minimum absolute atomic E-state index is 0.614. The maximum Gasteiger partial charge on any atom is 0.226 e. The summed E-state index contributed by atoms with van der Waals surface area (Å²) in [7, 11) is 0. The van der Waals surface area contributed by atoms with Crippen LogP contribution in [0.2, 0.25) is 0 Å². The van der Waals surface area contributed by atoms with E-state index in [0.717, 1.165) is 30.1 Å². The van der Waals surface area contributed by atoms with Crippen molar-refractivity contribution < 1.29 is 4.74 Å². The minimum atomic E-state index is 0.614. The van der Waals surface area contributed by atoms with Gasteiger partial charge in [0.05, 0.1) is 11.6 Å². The van der Waals surface area contributed by atoms with Crippen LogP contribution < -0.4 is 10.1 Å². The molecule has 2 heterocycles. The van der Waals surface area contributed by atoms with Gasteiger partial charge in [-0.3, -0.25) is 0 Å². The van der Waals surface area contributed by atoms with Crippen LogP contribution in [-0.4, -0.2) is 28.1 Å². The van der Waals surface area contributed by atoms with E-state index in [9.17, 15) is 0 Å². The zero-order valence-corrected chi connectivity index (χ0v) is 12.0. The second-order valence-electron chi connectivity index (χ2n) is 4.12. The van der Waals surface area contributed by atoms with E-state index in [2.05, 4.69) is 27.2 Å². The van der Waals surface area contributed by atoms with Gasteiger partial charge in [0.25, 0.3) is 0 Å². The summed E-state index contributed by atoms with van der Waals surface area (Å²) in [5, 5.41) is 6.30. The average molecular weight is 278 g/mol. The zero-order chi connectivity index (χ0) is 13.5. The van der Waals surface area contributed by atoms with Crippen LogP contribution in [0.15, 0.2) is 17.6 Å². The molecule has 0 aliphatic carbocycles. The Balaban J connectivity index is 1.90. The molecule has 0 aliphatic heterocycles. The molecule has 0 amide bonds. The Bertz CT molecular complexity index is 501. The Labute approximate surface area is 117 Å². The van der Waals surface area contributed by atoms with Crippen molar-refractivity contribution in [3.8, 4) is 5.88 Å². The van der Waals surface area contributed by atoms with E-state index in [1.54, 1.807) is 11.3 Å². The molecule has 0 fully saturated rings. The molecule has 0 unspecified atom stereocenters. The predicted molar refractivity (Wildman–Crippen MR) is 76.9 cm³/mol. The molecule has 0 spiro atoms. The molecule has 0 aliphatic rings. The van der Waals surface area contributed by atoms with Gasteiger partial charge in [0.2, 0.25) is 11.8 Å². The lowest BCUT2D eigenvalue weighted by molar-refractivity contribution is 0.305. The van der Waals surface area contributed by atoms with E-state index in [-0.39, 0.29) is 0 Å². The van der Waals surface area contributed by atoms with Crippen molar-refractivity contribution in [1.29, 1.82) is 0 Å². The highest BCUT2D eigenvalue weighted by atomic mass is 32.1. The summed E-state index contributed by atoms with van der Waals surface area (Å²) in [4.78, 5) is 12.9. The Morgan fingerprint density at radius 3 is 3.00 bits per heavy atom. The highest BCUT2D eigenvalue weighted by Gasteiger charge is 2.03. The van der Waals surface area contributed by atoms with Gasteiger partial charge in [-0.2, -0.15) is 4.98 Å². The number of rotatable bonds is 7. The minimum Gasteiger partial charge on any atom is -0.478 e. The molecule has 2 rings (SSSR count). The lowest BCUT2D eigenvalue weighted by Crippen LogP contribution is -2.09. The smallest absolute Gasteiger partial charge is 0.226 e. The lowest BCUT2D eigenvalue weighted by Gasteiger charge is -2.08. The maximum atomic E-state index is 5.53. The highest BCUT2D eigenvalue weighted by Crippen LogP contribution is 2.12. The van der Waals surface area contributed by atoms with Gasteiger partial charge in [0.15, 0.2) is 0 Å². The van der Waals surface area contributed by atoms with E-state index in [1.165, 1.54) is 0 Å². The van der Waals surface area contributed by atoms with Crippen LogP contribution in [0.3, 0.4) is 0 Å². The van der Waals surface area contributed by atoms with Crippen molar-refractivity contribution >= 4 is 17.3 Å². The van der Waals surface area contributed by atoms with E-state index < -0.39 is 0 Å². The van der Waals surface area contributed by atoms with Crippen LogP contribution >= 0.6 is 11.3 Å². The first-order valence-electron chi connectivity index (χ1n) is 6.38. The third-order valence-corrected chi connectivity index (χ3v) is 3.23. The fourth-order valence-electron chi connectivity index (χ4n) is 1.56. The fourth-order valence-corrected chi connectivity index (χ4v) is 2.18. The van der Waals surface area contributed by atoms with E-state index >= 15 is 0 Å².